The number of benzene rings is 2. The summed E-state index contributed by atoms with van der Waals surface area (Å²) >= 11 is 0. The molecule has 1 aliphatic heterocycles. The largest absolute Gasteiger partial charge is 3.00 e. The van der Waals surface area contributed by atoms with E-state index < -0.39 is 0 Å². The monoisotopic (exact) mass is 393 g/mol. The van der Waals surface area contributed by atoms with Crippen molar-refractivity contribution in [2.75, 3.05) is 9.80 Å². The maximum atomic E-state index is 2.25. The Kier molecular flexibility index (Phi) is 8.66. The Morgan fingerprint density at radius 3 is 1.12 bits per heavy atom. The van der Waals surface area contributed by atoms with Gasteiger partial charge in [-0.3, -0.25) is 0 Å². The third kappa shape index (κ3) is 4.51. The molecule has 143 valence electrons. The van der Waals surface area contributed by atoms with Crippen LogP contribution in [-0.2, 0) is 16.5 Å². The molecule has 0 N–H and O–H groups in total. The molecule has 0 saturated carbocycles. The Bertz CT molecular complexity index is 681. The molecule has 0 aliphatic carbocycles. The third-order valence-electron chi connectivity index (χ3n) is 4.42. The van der Waals surface area contributed by atoms with Gasteiger partial charge in [-0.15, -0.1) is 6.67 Å². The predicted octanol–water partition coefficient (Wildman–Crippen LogP) is 6.35. The molecule has 1 heterocycles. The fourth-order valence-electron chi connectivity index (χ4n) is 3.78. The molecule has 3 rings (SSSR count). The van der Waals surface area contributed by atoms with E-state index in [0.717, 1.165) is 0 Å². The van der Waals surface area contributed by atoms with E-state index in [2.05, 4.69) is 94.7 Å². The molecule has 0 unspecified atom stereocenters. The summed E-state index contributed by atoms with van der Waals surface area (Å²) in [6, 6.07) is 8.98. The first-order valence-electron chi connectivity index (χ1n) is 8.12. The van der Waals surface area contributed by atoms with Gasteiger partial charge in [0.05, 0.1) is 0 Å². The zero-order valence-corrected chi connectivity index (χ0v) is 18.2. The molecule has 0 saturated heterocycles. The quantitative estimate of drug-likeness (QED) is 0.433. The molecular weight excluding hydrogens is 363 g/mol. The van der Waals surface area contributed by atoms with Gasteiger partial charge in [0.15, 0.2) is 0 Å². The third-order valence-corrected chi connectivity index (χ3v) is 4.42. The molecular formula is C23H31N2Ni. The molecule has 0 spiro atoms. The molecule has 0 atom stereocenters. The van der Waals surface area contributed by atoms with Gasteiger partial charge in [0.25, 0.3) is 0 Å². The summed E-state index contributed by atoms with van der Waals surface area (Å²) in [5, 5.41) is 0. The van der Waals surface area contributed by atoms with Gasteiger partial charge in [-0.1, -0.05) is 35.4 Å². The van der Waals surface area contributed by atoms with Crippen molar-refractivity contribution in [3.05, 3.63) is 91.6 Å². The van der Waals surface area contributed by atoms with E-state index in [9.17, 15) is 0 Å². The van der Waals surface area contributed by atoms with Gasteiger partial charge in [-0.2, -0.15) is 0 Å². The van der Waals surface area contributed by atoms with E-state index in [1.807, 2.05) is 0 Å². The molecule has 26 heavy (non-hydrogen) atoms. The van der Waals surface area contributed by atoms with Crippen molar-refractivity contribution in [3.63, 3.8) is 0 Å². The minimum Gasteiger partial charge on any atom is -0.479 e. The van der Waals surface area contributed by atoms with Gasteiger partial charge in [0.1, 0.15) is 0 Å². The Labute approximate surface area is 170 Å². The van der Waals surface area contributed by atoms with Gasteiger partial charge >= 0.3 is 16.5 Å². The zero-order chi connectivity index (χ0) is 16.7. The maximum Gasteiger partial charge on any atom is 3.00 e. The molecule has 1 radical (unpaired) electrons. The van der Waals surface area contributed by atoms with E-state index in [1.54, 1.807) is 0 Å². The summed E-state index contributed by atoms with van der Waals surface area (Å²) in [4.78, 5) is 4.45. The first-order valence-corrected chi connectivity index (χ1v) is 8.12. The van der Waals surface area contributed by atoms with Gasteiger partial charge in [-0.25, -0.2) is 0 Å². The normalized spacial score (nSPS) is 12.4. The summed E-state index contributed by atoms with van der Waals surface area (Å²) in [6.07, 6.45) is 4.28. The Morgan fingerprint density at radius 1 is 0.577 bits per heavy atom. The van der Waals surface area contributed by atoms with Crippen LogP contribution in [0.15, 0.2) is 36.7 Å². The second kappa shape index (κ2) is 9.28. The van der Waals surface area contributed by atoms with Crippen LogP contribution in [0.2, 0.25) is 0 Å². The minimum absolute atomic E-state index is 0. The van der Waals surface area contributed by atoms with Crippen molar-refractivity contribution in [3.8, 4) is 0 Å². The molecule has 0 fully saturated rings. The summed E-state index contributed by atoms with van der Waals surface area (Å²) in [6.45, 7) is 15.2. The van der Waals surface area contributed by atoms with Crippen LogP contribution in [-0.4, -0.2) is 0 Å². The smallest absolute Gasteiger partial charge is 0.479 e. The standard InChI is InChI=1S/C21H25N2.2CH3.Ni/c1-14-9-16(3)20(17(4)10-14)22-7-8-23(13-22)21-18(5)11-15(2)12-19(21)6;;;/h7-13H,1-6H3;2*1H3;/q3*-1;+3. The van der Waals surface area contributed by atoms with Crippen LogP contribution in [0.1, 0.15) is 33.4 Å². The van der Waals surface area contributed by atoms with Crippen molar-refractivity contribution >= 4 is 11.4 Å². The van der Waals surface area contributed by atoms with Crippen molar-refractivity contribution in [1.82, 2.24) is 0 Å². The molecule has 0 bridgehead atoms. The van der Waals surface area contributed by atoms with Gasteiger partial charge in [0, 0.05) is 11.4 Å². The van der Waals surface area contributed by atoms with Crippen LogP contribution >= 0.6 is 0 Å². The predicted molar refractivity (Wildman–Crippen MR) is 113 cm³/mol. The average Bonchev–Trinajstić information content (AvgIpc) is 2.85. The summed E-state index contributed by atoms with van der Waals surface area (Å²) in [7, 11) is 0. The summed E-state index contributed by atoms with van der Waals surface area (Å²) in [5.74, 6) is 0. The first kappa shape index (κ1) is 24.3. The average molecular weight is 394 g/mol. The van der Waals surface area contributed by atoms with Crippen LogP contribution in [0.25, 0.3) is 0 Å². The number of hydrogen-bond acceptors (Lipinski definition) is 2. The van der Waals surface area contributed by atoms with Crippen LogP contribution in [0, 0.1) is 63.1 Å². The number of aryl methyl sites for hydroxylation is 6. The minimum atomic E-state index is 0. The van der Waals surface area contributed by atoms with Gasteiger partial charge in [-0.05, 0) is 76.2 Å². The number of hydrogen-bond donors (Lipinski definition) is 0. The van der Waals surface area contributed by atoms with E-state index in [1.165, 1.54) is 44.8 Å². The van der Waals surface area contributed by atoms with E-state index in [4.69, 9.17) is 0 Å². The van der Waals surface area contributed by atoms with Crippen LogP contribution < -0.4 is 9.80 Å². The number of rotatable bonds is 2. The Hall–Kier alpha value is -1.73. The van der Waals surface area contributed by atoms with Crippen molar-refractivity contribution in [2.24, 2.45) is 0 Å². The van der Waals surface area contributed by atoms with E-state index in [-0.39, 0.29) is 31.3 Å². The fraction of sp³-hybridized carbons (Fsp3) is 0.261. The van der Waals surface area contributed by atoms with Crippen molar-refractivity contribution in [2.45, 2.75) is 41.5 Å². The Morgan fingerprint density at radius 2 is 0.846 bits per heavy atom. The van der Waals surface area contributed by atoms with Gasteiger partial charge < -0.3 is 24.7 Å². The number of anilines is 2. The topological polar surface area (TPSA) is 6.48 Å². The second-order valence-electron chi connectivity index (χ2n) is 6.72. The fourth-order valence-corrected chi connectivity index (χ4v) is 3.78. The summed E-state index contributed by atoms with van der Waals surface area (Å²) in [5.41, 5.74) is 10.4. The first-order chi connectivity index (χ1) is 10.9. The Balaban J connectivity index is 0.00000208. The molecule has 1 aliphatic rings. The van der Waals surface area contributed by atoms with Crippen LogP contribution in [0.5, 0.6) is 0 Å². The zero-order valence-electron chi connectivity index (χ0n) is 17.3. The van der Waals surface area contributed by atoms with E-state index in [0.29, 0.717) is 0 Å². The molecule has 0 amide bonds. The maximum absolute atomic E-state index is 2.25. The van der Waals surface area contributed by atoms with Crippen LogP contribution in [0.4, 0.5) is 11.4 Å². The molecule has 2 aromatic rings. The van der Waals surface area contributed by atoms with Crippen LogP contribution in [0.3, 0.4) is 0 Å². The molecule has 0 aromatic heterocycles. The number of nitrogens with zero attached hydrogens (tertiary/aromatic N) is 2. The summed E-state index contributed by atoms with van der Waals surface area (Å²) < 4.78 is 0. The molecule has 2 aromatic carbocycles. The van der Waals surface area contributed by atoms with Crippen molar-refractivity contribution < 1.29 is 16.5 Å². The molecule has 3 heteroatoms. The van der Waals surface area contributed by atoms with E-state index >= 15 is 0 Å². The SMILES string of the molecule is Cc1cc(C)c(N2C=CN(c3c(C)cc(C)cc3C)[CH-]2)c(C)c1.[CH3-].[CH3-].[Ni+3]. The second-order valence-corrected chi connectivity index (χ2v) is 6.72. The van der Waals surface area contributed by atoms with Gasteiger partial charge in [0.2, 0.25) is 0 Å². The van der Waals surface area contributed by atoms with Crippen molar-refractivity contribution in [1.29, 1.82) is 0 Å². The molecule has 2 nitrogen and oxygen atoms in total.